The predicted octanol–water partition coefficient (Wildman–Crippen LogP) is 2.50. The first-order chi connectivity index (χ1) is 7.81. The third-order valence-corrected chi connectivity index (χ3v) is 3.35. The van der Waals surface area contributed by atoms with Gasteiger partial charge in [-0.1, -0.05) is 0 Å². The molecule has 0 unspecified atom stereocenters. The highest BCUT2D eigenvalue weighted by Gasteiger charge is 2.06. The Labute approximate surface area is 98.6 Å². The van der Waals surface area contributed by atoms with Crippen LogP contribution in [0.5, 0.6) is 0 Å². The lowest BCUT2D eigenvalue weighted by molar-refractivity contribution is 0.210. The summed E-state index contributed by atoms with van der Waals surface area (Å²) in [6.07, 6.45) is 0. The lowest BCUT2D eigenvalue weighted by Gasteiger charge is -1.99. The standard InChI is InChI=1S/C11H15N3OS/c1-8-3-6-16-11(8)9-7-10(14-13-9)12-4-5-15-2/h3,6-7H,4-5H2,1-2H3,(H2,12,13,14). The van der Waals surface area contributed by atoms with E-state index in [4.69, 9.17) is 4.74 Å². The Bertz CT molecular complexity index is 450. The van der Waals surface area contributed by atoms with Gasteiger partial charge in [0.05, 0.1) is 17.2 Å². The number of thiophene rings is 1. The van der Waals surface area contributed by atoms with Crippen molar-refractivity contribution in [1.29, 1.82) is 0 Å². The number of nitrogens with one attached hydrogen (secondary N) is 2. The van der Waals surface area contributed by atoms with E-state index >= 15 is 0 Å². The minimum Gasteiger partial charge on any atom is -0.383 e. The minimum absolute atomic E-state index is 0.681. The van der Waals surface area contributed by atoms with Gasteiger partial charge in [0, 0.05) is 19.7 Å². The molecule has 86 valence electrons. The highest BCUT2D eigenvalue weighted by atomic mass is 32.1. The Morgan fingerprint density at radius 3 is 3.12 bits per heavy atom. The zero-order chi connectivity index (χ0) is 11.4. The molecule has 0 aliphatic rings. The van der Waals surface area contributed by atoms with Crippen molar-refractivity contribution in [3.63, 3.8) is 0 Å². The number of rotatable bonds is 5. The topological polar surface area (TPSA) is 49.9 Å². The molecule has 16 heavy (non-hydrogen) atoms. The fourth-order valence-corrected chi connectivity index (χ4v) is 2.35. The Morgan fingerprint density at radius 2 is 2.44 bits per heavy atom. The molecule has 0 aliphatic heterocycles. The van der Waals surface area contributed by atoms with Crippen LogP contribution in [0, 0.1) is 6.92 Å². The first kappa shape index (κ1) is 11.2. The zero-order valence-corrected chi connectivity index (χ0v) is 10.2. The van der Waals surface area contributed by atoms with E-state index in [0.29, 0.717) is 6.61 Å². The summed E-state index contributed by atoms with van der Waals surface area (Å²) in [4.78, 5) is 1.24. The van der Waals surface area contributed by atoms with Gasteiger partial charge in [0.2, 0.25) is 0 Å². The summed E-state index contributed by atoms with van der Waals surface area (Å²) < 4.78 is 4.96. The van der Waals surface area contributed by atoms with Gasteiger partial charge in [0.15, 0.2) is 0 Å². The van der Waals surface area contributed by atoms with Crippen molar-refractivity contribution in [3.05, 3.63) is 23.1 Å². The Hall–Kier alpha value is -1.33. The first-order valence-electron chi connectivity index (χ1n) is 5.14. The van der Waals surface area contributed by atoms with Gasteiger partial charge in [-0.25, -0.2) is 0 Å². The molecule has 0 amide bonds. The number of anilines is 1. The molecule has 4 nitrogen and oxygen atoms in total. The van der Waals surface area contributed by atoms with E-state index < -0.39 is 0 Å². The van der Waals surface area contributed by atoms with Crippen molar-refractivity contribution in [2.24, 2.45) is 0 Å². The quantitative estimate of drug-likeness (QED) is 0.786. The zero-order valence-electron chi connectivity index (χ0n) is 9.41. The summed E-state index contributed by atoms with van der Waals surface area (Å²) in [5.41, 5.74) is 2.34. The molecule has 0 spiro atoms. The maximum absolute atomic E-state index is 4.96. The summed E-state index contributed by atoms with van der Waals surface area (Å²) in [7, 11) is 1.69. The van der Waals surface area contributed by atoms with Gasteiger partial charge in [0.1, 0.15) is 5.82 Å². The van der Waals surface area contributed by atoms with Crippen LogP contribution < -0.4 is 5.32 Å². The number of aromatic amines is 1. The summed E-state index contributed by atoms with van der Waals surface area (Å²) in [5.74, 6) is 0.861. The Balaban J connectivity index is 2.05. The third-order valence-electron chi connectivity index (χ3n) is 2.30. The van der Waals surface area contributed by atoms with Gasteiger partial charge in [-0.15, -0.1) is 11.3 Å². The molecule has 5 heteroatoms. The van der Waals surface area contributed by atoms with Crippen molar-refractivity contribution in [1.82, 2.24) is 10.2 Å². The van der Waals surface area contributed by atoms with E-state index in [2.05, 4.69) is 33.9 Å². The predicted molar refractivity (Wildman–Crippen MR) is 67.0 cm³/mol. The summed E-state index contributed by atoms with van der Waals surface area (Å²) in [6, 6.07) is 4.13. The number of methoxy groups -OCH3 is 1. The normalized spacial score (nSPS) is 10.6. The number of hydrogen-bond donors (Lipinski definition) is 2. The average Bonchev–Trinajstić information content (AvgIpc) is 2.87. The van der Waals surface area contributed by atoms with E-state index in [1.165, 1.54) is 10.4 Å². The van der Waals surface area contributed by atoms with Crippen molar-refractivity contribution in [2.45, 2.75) is 6.92 Å². The lowest BCUT2D eigenvalue weighted by atomic mass is 10.2. The van der Waals surface area contributed by atoms with Crippen LogP contribution in [0.4, 0.5) is 5.82 Å². The highest BCUT2D eigenvalue weighted by molar-refractivity contribution is 7.13. The van der Waals surface area contributed by atoms with Crippen LogP contribution in [-0.4, -0.2) is 30.5 Å². The van der Waals surface area contributed by atoms with Crippen LogP contribution in [0.25, 0.3) is 10.6 Å². The molecule has 2 N–H and O–H groups in total. The number of H-pyrrole nitrogens is 1. The molecule has 0 saturated carbocycles. The van der Waals surface area contributed by atoms with Crippen LogP contribution in [0.1, 0.15) is 5.56 Å². The van der Waals surface area contributed by atoms with Gasteiger partial charge in [-0.2, -0.15) is 5.10 Å². The van der Waals surface area contributed by atoms with Gasteiger partial charge >= 0.3 is 0 Å². The molecule has 0 aromatic carbocycles. The minimum atomic E-state index is 0.681. The Kier molecular flexibility index (Phi) is 3.58. The van der Waals surface area contributed by atoms with Crippen molar-refractivity contribution in [2.75, 3.05) is 25.6 Å². The second-order valence-corrected chi connectivity index (χ2v) is 4.44. The van der Waals surface area contributed by atoms with Crippen LogP contribution >= 0.6 is 11.3 Å². The fraction of sp³-hybridized carbons (Fsp3) is 0.364. The van der Waals surface area contributed by atoms with E-state index in [9.17, 15) is 0 Å². The average molecular weight is 237 g/mol. The molecule has 0 bridgehead atoms. The number of aryl methyl sites for hydroxylation is 1. The van der Waals surface area contributed by atoms with E-state index in [0.717, 1.165) is 18.1 Å². The van der Waals surface area contributed by atoms with Gasteiger partial charge in [0.25, 0.3) is 0 Å². The molecular weight excluding hydrogens is 222 g/mol. The molecule has 0 saturated heterocycles. The first-order valence-corrected chi connectivity index (χ1v) is 6.02. The molecule has 2 heterocycles. The summed E-state index contributed by atoms with van der Waals surface area (Å²) in [5, 5.41) is 12.5. The SMILES string of the molecule is COCCNc1cc(-c2sccc2C)[nH]n1. The molecule has 0 aliphatic carbocycles. The smallest absolute Gasteiger partial charge is 0.148 e. The van der Waals surface area contributed by atoms with Crippen LogP contribution in [-0.2, 0) is 4.74 Å². The lowest BCUT2D eigenvalue weighted by Crippen LogP contribution is -2.07. The molecule has 2 aromatic heterocycles. The highest BCUT2D eigenvalue weighted by Crippen LogP contribution is 2.28. The summed E-state index contributed by atoms with van der Waals surface area (Å²) in [6.45, 7) is 3.55. The Morgan fingerprint density at radius 1 is 1.56 bits per heavy atom. The molecule has 0 fully saturated rings. The van der Waals surface area contributed by atoms with Gasteiger partial charge < -0.3 is 10.1 Å². The van der Waals surface area contributed by atoms with Crippen molar-refractivity contribution in [3.8, 4) is 10.6 Å². The molecule has 0 atom stereocenters. The number of ether oxygens (including phenoxy) is 1. The molecule has 2 rings (SSSR count). The van der Waals surface area contributed by atoms with Crippen LogP contribution in [0.3, 0.4) is 0 Å². The van der Waals surface area contributed by atoms with Crippen LogP contribution in [0.15, 0.2) is 17.5 Å². The summed E-state index contributed by atoms with van der Waals surface area (Å²) >= 11 is 1.72. The number of nitrogens with zero attached hydrogens (tertiary/aromatic N) is 1. The number of aromatic nitrogens is 2. The largest absolute Gasteiger partial charge is 0.383 e. The van der Waals surface area contributed by atoms with Crippen molar-refractivity contribution < 1.29 is 4.74 Å². The van der Waals surface area contributed by atoms with E-state index in [1.807, 2.05) is 6.07 Å². The van der Waals surface area contributed by atoms with Gasteiger partial charge in [-0.05, 0) is 23.9 Å². The second kappa shape index (κ2) is 5.14. The van der Waals surface area contributed by atoms with E-state index in [-0.39, 0.29) is 0 Å². The fourth-order valence-electron chi connectivity index (χ4n) is 1.46. The maximum Gasteiger partial charge on any atom is 0.148 e. The monoisotopic (exact) mass is 237 g/mol. The van der Waals surface area contributed by atoms with E-state index in [1.54, 1.807) is 18.4 Å². The van der Waals surface area contributed by atoms with Crippen LogP contribution in [0.2, 0.25) is 0 Å². The molecular formula is C11H15N3OS. The third kappa shape index (κ3) is 2.43. The van der Waals surface area contributed by atoms with Gasteiger partial charge in [-0.3, -0.25) is 5.10 Å². The molecule has 0 radical (unpaired) electrons. The van der Waals surface area contributed by atoms with Crippen molar-refractivity contribution >= 4 is 17.2 Å². The number of hydrogen-bond acceptors (Lipinski definition) is 4. The molecule has 2 aromatic rings. The maximum atomic E-state index is 4.96. The second-order valence-electron chi connectivity index (χ2n) is 3.52.